The second-order valence-electron chi connectivity index (χ2n) is 6.64. The Labute approximate surface area is 177 Å². The lowest BCUT2D eigenvalue weighted by atomic mass is 10.1. The lowest BCUT2D eigenvalue weighted by Gasteiger charge is -2.14. The number of para-hydroxylation sites is 1. The van der Waals surface area contributed by atoms with Crippen molar-refractivity contribution in [2.75, 3.05) is 12.4 Å². The van der Waals surface area contributed by atoms with E-state index < -0.39 is 15.9 Å². The molecule has 156 valence electrons. The molecule has 2 N–H and O–H groups in total. The van der Waals surface area contributed by atoms with Crippen LogP contribution >= 0.6 is 0 Å². The predicted molar refractivity (Wildman–Crippen MR) is 117 cm³/mol. The summed E-state index contributed by atoms with van der Waals surface area (Å²) in [6.45, 7) is 2.13. The van der Waals surface area contributed by atoms with Gasteiger partial charge in [0.15, 0.2) is 0 Å². The molecular weight excluding hydrogens is 400 g/mol. The minimum absolute atomic E-state index is 0.0858. The van der Waals surface area contributed by atoms with Gasteiger partial charge in [-0.3, -0.25) is 4.79 Å². The molecule has 0 spiro atoms. The maximum Gasteiger partial charge on any atom is 0.255 e. The first-order chi connectivity index (χ1) is 14.4. The van der Waals surface area contributed by atoms with Crippen molar-refractivity contribution in [3.63, 3.8) is 0 Å². The third-order valence-corrected chi connectivity index (χ3v) is 6.09. The van der Waals surface area contributed by atoms with E-state index in [0.29, 0.717) is 5.69 Å². The van der Waals surface area contributed by atoms with E-state index in [2.05, 4.69) is 10.0 Å². The molecule has 0 radical (unpaired) electrons. The van der Waals surface area contributed by atoms with Crippen LogP contribution in [0.15, 0.2) is 77.7 Å². The zero-order chi connectivity index (χ0) is 21.6. The lowest BCUT2D eigenvalue weighted by molar-refractivity contribution is 0.102. The van der Waals surface area contributed by atoms with Crippen LogP contribution in [-0.4, -0.2) is 21.4 Å². The molecule has 0 aliphatic heterocycles. The summed E-state index contributed by atoms with van der Waals surface area (Å²) in [6.07, 6.45) is 0.766. The van der Waals surface area contributed by atoms with Crippen molar-refractivity contribution in [3.8, 4) is 5.75 Å². The molecule has 1 amide bonds. The molecule has 0 saturated heterocycles. The number of anilines is 1. The number of carbonyl (C=O) groups excluding carboxylic acids is 1. The van der Waals surface area contributed by atoms with Crippen LogP contribution < -0.4 is 14.8 Å². The van der Waals surface area contributed by atoms with Crippen molar-refractivity contribution in [1.29, 1.82) is 0 Å². The number of sulfonamides is 1. The van der Waals surface area contributed by atoms with E-state index in [-0.39, 0.29) is 22.8 Å². The SMILES string of the molecule is CCc1ccccc1NC(=O)c1ccc(OC)c(S(=O)(=O)NCc2ccccc2)c1. The molecule has 7 heteroatoms. The van der Waals surface area contributed by atoms with Gasteiger partial charge in [-0.25, -0.2) is 13.1 Å². The first-order valence-electron chi connectivity index (χ1n) is 9.55. The van der Waals surface area contributed by atoms with Gasteiger partial charge in [0.05, 0.1) is 7.11 Å². The Bertz CT molecular complexity index is 1130. The van der Waals surface area contributed by atoms with E-state index in [9.17, 15) is 13.2 Å². The van der Waals surface area contributed by atoms with Crippen LogP contribution in [0, 0.1) is 0 Å². The minimum Gasteiger partial charge on any atom is -0.495 e. The van der Waals surface area contributed by atoms with Gasteiger partial charge in [-0.05, 0) is 41.8 Å². The van der Waals surface area contributed by atoms with Gasteiger partial charge in [-0.2, -0.15) is 0 Å². The molecule has 0 aliphatic carbocycles. The average Bonchev–Trinajstić information content (AvgIpc) is 2.78. The molecule has 0 unspecified atom stereocenters. The topological polar surface area (TPSA) is 84.5 Å². The van der Waals surface area contributed by atoms with Crippen LogP contribution in [0.5, 0.6) is 5.75 Å². The Morgan fingerprint density at radius 2 is 1.67 bits per heavy atom. The number of aryl methyl sites for hydroxylation is 1. The van der Waals surface area contributed by atoms with Crippen molar-refractivity contribution in [3.05, 3.63) is 89.5 Å². The molecule has 3 aromatic carbocycles. The van der Waals surface area contributed by atoms with Gasteiger partial charge >= 0.3 is 0 Å². The van der Waals surface area contributed by atoms with Crippen LogP contribution in [0.1, 0.15) is 28.4 Å². The van der Waals surface area contributed by atoms with Crippen LogP contribution in [-0.2, 0) is 23.0 Å². The predicted octanol–water partition coefficient (Wildman–Crippen LogP) is 3.99. The van der Waals surface area contributed by atoms with Gasteiger partial charge in [0.1, 0.15) is 10.6 Å². The molecule has 0 aromatic heterocycles. The van der Waals surface area contributed by atoms with Crippen molar-refractivity contribution in [1.82, 2.24) is 4.72 Å². The van der Waals surface area contributed by atoms with E-state index in [4.69, 9.17) is 4.74 Å². The number of hydrogen-bond acceptors (Lipinski definition) is 4. The maximum absolute atomic E-state index is 12.9. The van der Waals surface area contributed by atoms with E-state index in [1.165, 1.54) is 19.2 Å². The fourth-order valence-corrected chi connectivity index (χ4v) is 4.24. The van der Waals surface area contributed by atoms with Crippen LogP contribution in [0.4, 0.5) is 5.69 Å². The summed E-state index contributed by atoms with van der Waals surface area (Å²) in [5.74, 6) is -0.223. The molecule has 0 bridgehead atoms. The molecular formula is C23H24N2O4S. The second kappa shape index (κ2) is 9.56. The molecule has 3 aromatic rings. The molecule has 3 rings (SSSR count). The highest BCUT2D eigenvalue weighted by molar-refractivity contribution is 7.89. The Balaban J connectivity index is 1.86. The molecule has 6 nitrogen and oxygen atoms in total. The molecule has 0 heterocycles. The van der Waals surface area contributed by atoms with E-state index in [1.54, 1.807) is 6.07 Å². The van der Waals surface area contributed by atoms with E-state index >= 15 is 0 Å². The molecule has 30 heavy (non-hydrogen) atoms. The van der Waals surface area contributed by atoms with Gasteiger partial charge in [-0.15, -0.1) is 0 Å². The minimum atomic E-state index is -3.90. The fraction of sp³-hybridized carbons (Fsp3) is 0.174. The van der Waals surface area contributed by atoms with Gasteiger partial charge in [-0.1, -0.05) is 55.5 Å². The van der Waals surface area contributed by atoms with E-state index in [1.807, 2.05) is 61.5 Å². The standard InChI is InChI=1S/C23H24N2O4S/c1-3-18-11-7-8-12-20(18)25-23(26)19-13-14-21(29-2)22(15-19)30(27,28)24-16-17-9-5-4-6-10-17/h4-15,24H,3,16H2,1-2H3,(H,25,26). The van der Waals surface area contributed by atoms with Crippen molar-refractivity contribution >= 4 is 21.6 Å². The average molecular weight is 425 g/mol. The fourth-order valence-electron chi connectivity index (χ4n) is 3.02. The Morgan fingerprint density at radius 3 is 2.37 bits per heavy atom. The van der Waals surface area contributed by atoms with Gasteiger partial charge in [0.2, 0.25) is 10.0 Å². The smallest absolute Gasteiger partial charge is 0.255 e. The highest BCUT2D eigenvalue weighted by atomic mass is 32.2. The zero-order valence-electron chi connectivity index (χ0n) is 16.9. The summed E-state index contributed by atoms with van der Waals surface area (Å²) < 4.78 is 33.6. The van der Waals surface area contributed by atoms with E-state index in [0.717, 1.165) is 17.5 Å². The number of ether oxygens (including phenoxy) is 1. The highest BCUT2D eigenvalue weighted by Gasteiger charge is 2.22. The molecule has 0 aliphatic rings. The van der Waals surface area contributed by atoms with Gasteiger partial charge < -0.3 is 10.1 Å². The normalized spacial score (nSPS) is 11.1. The summed E-state index contributed by atoms with van der Waals surface area (Å²) in [4.78, 5) is 12.7. The van der Waals surface area contributed by atoms with Crippen LogP contribution in [0.3, 0.4) is 0 Å². The molecule has 0 fully saturated rings. The van der Waals surface area contributed by atoms with Crippen molar-refractivity contribution in [2.24, 2.45) is 0 Å². The number of methoxy groups -OCH3 is 1. The number of benzene rings is 3. The van der Waals surface area contributed by atoms with Crippen molar-refractivity contribution in [2.45, 2.75) is 24.8 Å². The summed E-state index contributed by atoms with van der Waals surface area (Å²) in [7, 11) is -2.51. The molecule has 0 saturated carbocycles. The summed E-state index contributed by atoms with van der Waals surface area (Å²) >= 11 is 0. The van der Waals surface area contributed by atoms with Crippen LogP contribution in [0.2, 0.25) is 0 Å². The summed E-state index contributed by atoms with van der Waals surface area (Å²) in [5, 5.41) is 2.86. The maximum atomic E-state index is 12.9. The number of hydrogen-bond donors (Lipinski definition) is 2. The Kier molecular flexibility index (Phi) is 6.87. The number of rotatable bonds is 8. The molecule has 0 atom stereocenters. The van der Waals surface area contributed by atoms with Crippen molar-refractivity contribution < 1.29 is 17.9 Å². The number of carbonyl (C=O) groups is 1. The zero-order valence-corrected chi connectivity index (χ0v) is 17.7. The highest BCUT2D eigenvalue weighted by Crippen LogP contribution is 2.26. The first-order valence-corrected chi connectivity index (χ1v) is 11.0. The van der Waals surface area contributed by atoms with Gasteiger partial charge in [0.25, 0.3) is 5.91 Å². The quantitative estimate of drug-likeness (QED) is 0.573. The number of nitrogens with one attached hydrogen (secondary N) is 2. The monoisotopic (exact) mass is 424 g/mol. The van der Waals surface area contributed by atoms with Crippen LogP contribution in [0.25, 0.3) is 0 Å². The largest absolute Gasteiger partial charge is 0.495 e. The second-order valence-corrected chi connectivity index (χ2v) is 8.38. The van der Waals surface area contributed by atoms with Gasteiger partial charge in [0, 0.05) is 17.8 Å². The summed E-state index contributed by atoms with van der Waals surface area (Å²) in [5.41, 5.74) is 2.75. The third kappa shape index (κ3) is 5.06. The Morgan fingerprint density at radius 1 is 0.967 bits per heavy atom. The summed E-state index contributed by atoms with van der Waals surface area (Å²) in [6, 6.07) is 21.0. The number of amides is 1. The first kappa shape index (κ1) is 21.5. The lowest BCUT2D eigenvalue weighted by Crippen LogP contribution is -2.24. The third-order valence-electron chi connectivity index (χ3n) is 4.67. The Hall–Kier alpha value is -3.16.